The molecule has 0 aliphatic rings. The Morgan fingerprint density at radius 1 is 1.24 bits per heavy atom. The Morgan fingerprint density at radius 3 is 2.41 bits per heavy atom. The molecule has 3 nitrogen and oxygen atoms in total. The van der Waals surface area contributed by atoms with E-state index in [0.717, 1.165) is 16.8 Å². The fourth-order valence-electron chi connectivity index (χ4n) is 1.69. The molecular weight excluding hydrogens is 214 g/mol. The van der Waals surface area contributed by atoms with Crippen molar-refractivity contribution in [3.63, 3.8) is 0 Å². The molecule has 0 spiro atoms. The van der Waals surface area contributed by atoms with E-state index in [-0.39, 0.29) is 6.10 Å². The van der Waals surface area contributed by atoms with Crippen LogP contribution in [0.3, 0.4) is 0 Å². The number of benzene rings is 1. The number of hydrogen-bond acceptors (Lipinski definition) is 2. The Labute approximate surface area is 103 Å². The topological polar surface area (TPSA) is 38.3 Å². The number of hydrogen-bond donors (Lipinski definition) is 1. The summed E-state index contributed by atoms with van der Waals surface area (Å²) in [4.78, 5) is 11.6. The number of rotatable bonds is 3. The summed E-state index contributed by atoms with van der Waals surface area (Å²) < 4.78 is 5.09. The van der Waals surface area contributed by atoms with E-state index in [1.165, 1.54) is 0 Å². The van der Waals surface area contributed by atoms with Crippen molar-refractivity contribution in [2.45, 2.75) is 46.6 Å². The summed E-state index contributed by atoms with van der Waals surface area (Å²) in [6, 6.07) is 6.02. The molecule has 1 aromatic carbocycles. The van der Waals surface area contributed by atoms with Crippen LogP contribution >= 0.6 is 0 Å². The largest absolute Gasteiger partial charge is 0.447 e. The van der Waals surface area contributed by atoms with Gasteiger partial charge >= 0.3 is 6.09 Å². The van der Waals surface area contributed by atoms with Gasteiger partial charge < -0.3 is 4.74 Å². The number of nitrogens with one attached hydrogen (secondary N) is 1. The lowest BCUT2D eigenvalue weighted by molar-refractivity contribution is 0.130. The van der Waals surface area contributed by atoms with Crippen LogP contribution in [0.5, 0.6) is 0 Å². The van der Waals surface area contributed by atoms with Gasteiger partial charge in [-0.1, -0.05) is 32.0 Å². The fourth-order valence-corrected chi connectivity index (χ4v) is 1.69. The van der Waals surface area contributed by atoms with Gasteiger partial charge in [0, 0.05) is 0 Å². The van der Waals surface area contributed by atoms with E-state index in [1.807, 2.05) is 39.0 Å². The summed E-state index contributed by atoms with van der Waals surface area (Å²) in [7, 11) is 0. The van der Waals surface area contributed by atoms with Crippen molar-refractivity contribution in [2.75, 3.05) is 5.32 Å². The van der Waals surface area contributed by atoms with E-state index in [2.05, 4.69) is 19.2 Å². The molecule has 0 aliphatic carbocycles. The molecule has 1 rings (SSSR count). The maximum atomic E-state index is 11.6. The lowest BCUT2D eigenvalue weighted by Gasteiger charge is -2.17. The number of anilines is 1. The van der Waals surface area contributed by atoms with E-state index >= 15 is 0 Å². The van der Waals surface area contributed by atoms with E-state index in [1.54, 1.807) is 0 Å². The molecule has 0 unspecified atom stereocenters. The van der Waals surface area contributed by atoms with Crippen LogP contribution in [0.4, 0.5) is 10.5 Å². The molecule has 0 atom stereocenters. The van der Waals surface area contributed by atoms with Gasteiger partial charge in [0.05, 0.1) is 11.8 Å². The zero-order valence-corrected chi connectivity index (χ0v) is 11.2. The van der Waals surface area contributed by atoms with Gasteiger partial charge in [-0.25, -0.2) is 4.79 Å². The van der Waals surface area contributed by atoms with Crippen LogP contribution < -0.4 is 5.32 Å². The minimum absolute atomic E-state index is 0.110. The first-order valence-corrected chi connectivity index (χ1v) is 5.99. The van der Waals surface area contributed by atoms with Crippen molar-refractivity contribution in [2.24, 2.45) is 0 Å². The van der Waals surface area contributed by atoms with E-state index < -0.39 is 6.09 Å². The number of carbonyl (C=O) groups excluding carboxylic acids is 1. The van der Waals surface area contributed by atoms with Gasteiger partial charge in [0.2, 0.25) is 0 Å². The minimum atomic E-state index is -0.392. The summed E-state index contributed by atoms with van der Waals surface area (Å²) in [5.74, 6) is 0.365. The van der Waals surface area contributed by atoms with Gasteiger partial charge in [0.25, 0.3) is 0 Å². The monoisotopic (exact) mass is 235 g/mol. The third-order valence-corrected chi connectivity index (χ3v) is 2.50. The van der Waals surface area contributed by atoms with Gasteiger partial charge in [-0.05, 0) is 37.8 Å². The Kier molecular flexibility index (Phi) is 4.55. The number of para-hydroxylation sites is 1. The number of carbonyl (C=O) groups is 1. The second-order valence-electron chi connectivity index (χ2n) is 4.77. The summed E-state index contributed by atoms with van der Waals surface area (Å²) >= 11 is 0. The molecule has 0 bridgehead atoms. The van der Waals surface area contributed by atoms with Crippen LogP contribution in [0, 0.1) is 6.92 Å². The SMILES string of the molecule is Cc1cccc(C(C)C)c1NC(=O)OC(C)C. The van der Waals surface area contributed by atoms with Crippen molar-refractivity contribution >= 4 is 11.8 Å². The molecule has 1 aromatic rings. The second kappa shape index (κ2) is 5.71. The zero-order chi connectivity index (χ0) is 13.0. The molecule has 0 radical (unpaired) electrons. The highest BCUT2D eigenvalue weighted by Gasteiger charge is 2.13. The van der Waals surface area contributed by atoms with E-state index in [9.17, 15) is 4.79 Å². The molecule has 94 valence electrons. The molecule has 1 amide bonds. The summed E-state index contributed by atoms with van der Waals surface area (Å²) in [5, 5.41) is 2.83. The average molecular weight is 235 g/mol. The highest BCUT2D eigenvalue weighted by Crippen LogP contribution is 2.27. The lowest BCUT2D eigenvalue weighted by atomic mass is 9.98. The second-order valence-corrected chi connectivity index (χ2v) is 4.77. The first kappa shape index (κ1) is 13.6. The quantitative estimate of drug-likeness (QED) is 0.857. The van der Waals surface area contributed by atoms with E-state index in [4.69, 9.17) is 4.74 Å². The highest BCUT2D eigenvalue weighted by molar-refractivity contribution is 5.87. The van der Waals surface area contributed by atoms with Crippen LogP contribution in [0.2, 0.25) is 0 Å². The van der Waals surface area contributed by atoms with Crippen LogP contribution in [0.15, 0.2) is 18.2 Å². The van der Waals surface area contributed by atoms with Crippen molar-refractivity contribution in [1.82, 2.24) is 0 Å². The predicted molar refractivity (Wildman–Crippen MR) is 70.5 cm³/mol. The molecule has 17 heavy (non-hydrogen) atoms. The average Bonchev–Trinajstić information content (AvgIpc) is 2.19. The molecule has 0 saturated carbocycles. The van der Waals surface area contributed by atoms with Crippen LogP contribution in [-0.4, -0.2) is 12.2 Å². The van der Waals surface area contributed by atoms with Gasteiger partial charge in [0.15, 0.2) is 0 Å². The summed E-state index contributed by atoms with van der Waals surface area (Å²) in [6.07, 6.45) is -0.502. The molecule has 0 heterocycles. The van der Waals surface area contributed by atoms with Crippen molar-refractivity contribution in [1.29, 1.82) is 0 Å². The predicted octanol–water partition coefficient (Wildman–Crippen LogP) is 4.08. The van der Waals surface area contributed by atoms with Crippen molar-refractivity contribution < 1.29 is 9.53 Å². The Balaban J connectivity index is 2.93. The molecule has 1 N–H and O–H groups in total. The summed E-state index contributed by atoms with van der Waals surface area (Å²) in [5.41, 5.74) is 3.05. The molecule has 0 aliphatic heterocycles. The van der Waals surface area contributed by atoms with Crippen LogP contribution in [-0.2, 0) is 4.74 Å². The first-order chi connectivity index (χ1) is 7.91. The fraction of sp³-hybridized carbons (Fsp3) is 0.500. The third-order valence-electron chi connectivity index (χ3n) is 2.50. The molecule has 3 heteroatoms. The van der Waals surface area contributed by atoms with Gasteiger partial charge in [-0.3, -0.25) is 5.32 Å². The zero-order valence-electron chi connectivity index (χ0n) is 11.2. The Morgan fingerprint density at radius 2 is 1.88 bits per heavy atom. The Bertz CT molecular complexity index is 397. The smallest absolute Gasteiger partial charge is 0.411 e. The lowest BCUT2D eigenvalue weighted by Crippen LogP contribution is -2.19. The van der Waals surface area contributed by atoms with Gasteiger partial charge in [0.1, 0.15) is 0 Å². The van der Waals surface area contributed by atoms with Crippen LogP contribution in [0.1, 0.15) is 44.7 Å². The minimum Gasteiger partial charge on any atom is -0.447 e. The maximum absolute atomic E-state index is 11.6. The van der Waals surface area contributed by atoms with Crippen molar-refractivity contribution in [3.05, 3.63) is 29.3 Å². The normalized spacial score (nSPS) is 10.8. The molecule has 0 aromatic heterocycles. The van der Waals surface area contributed by atoms with Gasteiger partial charge in [-0.2, -0.15) is 0 Å². The first-order valence-electron chi connectivity index (χ1n) is 5.99. The Hall–Kier alpha value is -1.51. The van der Waals surface area contributed by atoms with Gasteiger partial charge in [-0.15, -0.1) is 0 Å². The van der Waals surface area contributed by atoms with Crippen molar-refractivity contribution in [3.8, 4) is 0 Å². The maximum Gasteiger partial charge on any atom is 0.411 e. The number of ether oxygens (including phenoxy) is 1. The summed E-state index contributed by atoms with van der Waals surface area (Å²) in [6.45, 7) is 9.86. The van der Waals surface area contributed by atoms with Crippen LogP contribution in [0.25, 0.3) is 0 Å². The standard InChI is InChI=1S/C14H21NO2/c1-9(2)12-8-6-7-11(5)13(12)15-14(16)17-10(3)4/h6-10H,1-5H3,(H,15,16). The number of amides is 1. The molecule has 0 fully saturated rings. The molecular formula is C14H21NO2. The third kappa shape index (κ3) is 3.77. The van der Waals surface area contributed by atoms with E-state index in [0.29, 0.717) is 5.92 Å². The highest BCUT2D eigenvalue weighted by atomic mass is 16.6. The number of aryl methyl sites for hydroxylation is 1. The molecule has 0 saturated heterocycles.